The summed E-state index contributed by atoms with van der Waals surface area (Å²) in [5, 5.41) is 8.50. The maximum Gasteiger partial charge on any atom is 0.311 e. The number of hydrogen-bond donors (Lipinski definition) is 1. The van der Waals surface area contributed by atoms with Gasteiger partial charge in [-0.2, -0.15) is 0 Å². The molecule has 0 bridgehead atoms. The normalized spacial score (nSPS) is 10.7. The van der Waals surface area contributed by atoms with Crippen LogP contribution in [0.5, 0.6) is 0 Å². The Labute approximate surface area is 77.4 Å². The summed E-state index contributed by atoms with van der Waals surface area (Å²) in [6.45, 7) is 4.19. The van der Waals surface area contributed by atoms with Gasteiger partial charge in [0.1, 0.15) is 17.9 Å². The van der Waals surface area contributed by atoms with Gasteiger partial charge in [0.25, 0.3) is 0 Å². The molecule has 0 aromatic carbocycles. The highest BCUT2D eigenvalue weighted by Gasteiger charge is 2.07. The molecule has 0 fully saturated rings. The Morgan fingerprint density at radius 1 is 1.46 bits per heavy atom. The van der Waals surface area contributed by atoms with E-state index >= 15 is 0 Å². The van der Waals surface area contributed by atoms with E-state index in [1.165, 1.54) is 0 Å². The lowest BCUT2D eigenvalue weighted by molar-refractivity contribution is -0.136. The van der Waals surface area contributed by atoms with Crippen molar-refractivity contribution in [1.29, 1.82) is 0 Å². The fourth-order valence-corrected chi connectivity index (χ4v) is 1.18. The Hall–Kier alpha value is -1.25. The third-order valence-corrected chi connectivity index (χ3v) is 1.65. The highest BCUT2D eigenvalue weighted by atomic mass is 16.4. The smallest absolute Gasteiger partial charge is 0.311 e. The van der Waals surface area contributed by atoms with Gasteiger partial charge in [0, 0.05) is 6.42 Å². The minimum atomic E-state index is -0.856. The molecule has 3 heteroatoms. The van der Waals surface area contributed by atoms with Gasteiger partial charge in [-0.1, -0.05) is 13.8 Å². The van der Waals surface area contributed by atoms with Crippen LogP contribution in [0, 0.1) is 5.92 Å². The number of furan rings is 1. The Morgan fingerprint density at radius 2 is 2.08 bits per heavy atom. The summed E-state index contributed by atoms with van der Waals surface area (Å²) in [5.74, 6) is 1.07. The number of rotatable bonds is 4. The van der Waals surface area contributed by atoms with Crippen LogP contribution in [0.1, 0.15) is 25.4 Å². The molecule has 0 radical (unpaired) electrons. The number of hydrogen-bond acceptors (Lipinski definition) is 2. The second kappa shape index (κ2) is 4.12. The standard InChI is InChI=1S/C10H14O3/c1-7(2)5-8-3-4-9(13-8)6-10(11)12/h3-4,7H,5-6H2,1-2H3,(H,11,12). The molecule has 0 amide bonds. The van der Waals surface area contributed by atoms with Crippen molar-refractivity contribution in [2.24, 2.45) is 5.92 Å². The molecule has 0 saturated heterocycles. The van der Waals surface area contributed by atoms with Crippen LogP contribution in [0.25, 0.3) is 0 Å². The Kier molecular flexibility index (Phi) is 3.12. The zero-order valence-corrected chi connectivity index (χ0v) is 7.91. The van der Waals surface area contributed by atoms with Crippen molar-refractivity contribution in [2.45, 2.75) is 26.7 Å². The highest BCUT2D eigenvalue weighted by molar-refractivity contribution is 5.69. The molecular formula is C10H14O3. The van der Waals surface area contributed by atoms with E-state index in [4.69, 9.17) is 9.52 Å². The van der Waals surface area contributed by atoms with Gasteiger partial charge in [0.05, 0.1) is 0 Å². The van der Waals surface area contributed by atoms with Gasteiger partial charge in [-0.25, -0.2) is 0 Å². The van der Waals surface area contributed by atoms with Crippen molar-refractivity contribution in [1.82, 2.24) is 0 Å². The molecule has 13 heavy (non-hydrogen) atoms. The van der Waals surface area contributed by atoms with E-state index in [0.717, 1.165) is 12.2 Å². The van der Waals surface area contributed by atoms with Crippen LogP contribution in [-0.4, -0.2) is 11.1 Å². The van der Waals surface area contributed by atoms with Crippen LogP contribution in [-0.2, 0) is 17.6 Å². The summed E-state index contributed by atoms with van der Waals surface area (Å²) in [7, 11) is 0. The first kappa shape index (κ1) is 9.84. The summed E-state index contributed by atoms with van der Waals surface area (Å²) in [4.78, 5) is 10.3. The van der Waals surface area contributed by atoms with Gasteiger partial charge >= 0.3 is 5.97 Å². The van der Waals surface area contributed by atoms with Crippen molar-refractivity contribution in [3.05, 3.63) is 23.7 Å². The molecule has 1 aromatic heterocycles. The molecule has 3 nitrogen and oxygen atoms in total. The number of carbonyl (C=O) groups is 1. The highest BCUT2D eigenvalue weighted by Crippen LogP contribution is 2.12. The molecule has 0 aliphatic carbocycles. The Morgan fingerprint density at radius 3 is 2.62 bits per heavy atom. The largest absolute Gasteiger partial charge is 0.481 e. The van der Waals surface area contributed by atoms with E-state index in [2.05, 4.69) is 13.8 Å². The maximum absolute atomic E-state index is 10.3. The summed E-state index contributed by atoms with van der Waals surface area (Å²) >= 11 is 0. The van der Waals surface area contributed by atoms with Crippen molar-refractivity contribution in [2.75, 3.05) is 0 Å². The minimum absolute atomic E-state index is 0.0297. The molecule has 1 N–H and O–H groups in total. The molecule has 1 rings (SSSR count). The summed E-state index contributed by atoms with van der Waals surface area (Å²) in [5.41, 5.74) is 0. The number of aliphatic carboxylic acids is 1. The van der Waals surface area contributed by atoms with Gasteiger partial charge in [0.2, 0.25) is 0 Å². The lowest BCUT2D eigenvalue weighted by Gasteiger charge is -1.99. The fourth-order valence-electron chi connectivity index (χ4n) is 1.18. The van der Waals surface area contributed by atoms with Gasteiger partial charge in [-0.15, -0.1) is 0 Å². The molecular weight excluding hydrogens is 168 g/mol. The fraction of sp³-hybridized carbons (Fsp3) is 0.500. The van der Waals surface area contributed by atoms with Crippen molar-refractivity contribution >= 4 is 5.97 Å². The van der Waals surface area contributed by atoms with E-state index in [-0.39, 0.29) is 6.42 Å². The van der Waals surface area contributed by atoms with Crippen molar-refractivity contribution in [3.8, 4) is 0 Å². The average Bonchev–Trinajstić information content (AvgIpc) is 2.33. The van der Waals surface area contributed by atoms with E-state index in [1.807, 2.05) is 6.07 Å². The van der Waals surface area contributed by atoms with E-state index in [9.17, 15) is 4.79 Å². The Balaban J connectivity index is 2.58. The molecule has 72 valence electrons. The van der Waals surface area contributed by atoms with Crippen molar-refractivity contribution in [3.63, 3.8) is 0 Å². The molecule has 0 aliphatic rings. The average molecular weight is 182 g/mol. The van der Waals surface area contributed by atoms with Crippen LogP contribution in [0.2, 0.25) is 0 Å². The van der Waals surface area contributed by atoms with Crippen LogP contribution in [0.15, 0.2) is 16.5 Å². The third kappa shape index (κ3) is 3.32. The zero-order chi connectivity index (χ0) is 9.84. The minimum Gasteiger partial charge on any atom is -0.481 e. The van der Waals surface area contributed by atoms with E-state index in [0.29, 0.717) is 11.7 Å². The van der Waals surface area contributed by atoms with Gasteiger partial charge in [0.15, 0.2) is 0 Å². The maximum atomic E-state index is 10.3. The van der Waals surface area contributed by atoms with Crippen LogP contribution in [0.3, 0.4) is 0 Å². The van der Waals surface area contributed by atoms with Gasteiger partial charge in [-0.05, 0) is 18.1 Å². The number of carboxylic acid groups (broad SMARTS) is 1. The molecule has 1 heterocycles. The first-order valence-corrected chi connectivity index (χ1v) is 4.37. The summed E-state index contributed by atoms with van der Waals surface area (Å²) < 4.78 is 5.32. The van der Waals surface area contributed by atoms with Crippen molar-refractivity contribution < 1.29 is 14.3 Å². The SMILES string of the molecule is CC(C)Cc1ccc(CC(=O)O)o1. The third-order valence-electron chi connectivity index (χ3n) is 1.65. The lowest BCUT2D eigenvalue weighted by atomic mass is 10.1. The van der Waals surface area contributed by atoms with Crippen LogP contribution in [0.4, 0.5) is 0 Å². The summed E-state index contributed by atoms with van der Waals surface area (Å²) in [6.07, 6.45) is 0.831. The molecule has 0 atom stereocenters. The second-order valence-corrected chi connectivity index (χ2v) is 3.54. The summed E-state index contributed by atoms with van der Waals surface area (Å²) in [6, 6.07) is 3.57. The molecule has 1 aromatic rings. The van der Waals surface area contributed by atoms with E-state index < -0.39 is 5.97 Å². The second-order valence-electron chi connectivity index (χ2n) is 3.54. The van der Waals surface area contributed by atoms with Crippen LogP contribution >= 0.6 is 0 Å². The van der Waals surface area contributed by atoms with Gasteiger partial charge < -0.3 is 9.52 Å². The Bertz CT molecular complexity index is 286. The zero-order valence-electron chi connectivity index (χ0n) is 7.91. The molecule has 0 aliphatic heterocycles. The monoisotopic (exact) mass is 182 g/mol. The topological polar surface area (TPSA) is 50.4 Å². The number of carboxylic acids is 1. The molecule has 0 saturated carbocycles. The van der Waals surface area contributed by atoms with Crippen LogP contribution < -0.4 is 0 Å². The van der Waals surface area contributed by atoms with Gasteiger partial charge in [-0.3, -0.25) is 4.79 Å². The quantitative estimate of drug-likeness (QED) is 0.775. The molecule has 0 unspecified atom stereocenters. The predicted octanol–water partition coefficient (Wildman–Crippen LogP) is 2.11. The first-order valence-electron chi connectivity index (χ1n) is 4.37. The lowest BCUT2D eigenvalue weighted by Crippen LogP contribution is -1.98. The van der Waals surface area contributed by atoms with E-state index in [1.54, 1.807) is 6.07 Å². The predicted molar refractivity (Wildman–Crippen MR) is 48.6 cm³/mol. The first-order chi connectivity index (χ1) is 6.08. The molecule has 0 spiro atoms.